The van der Waals surface area contributed by atoms with Crippen LogP contribution < -0.4 is 10.6 Å². The van der Waals surface area contributed by atoms with Crippen LogP contribution in [0.25, 0.3) is 11.3 Å². The molecular formula is C20H27Cl2N5O3. The Morgan fingerprint density at radius 2 is 2.13 bits per heavy atom. The van der Waals surface area contributed by atoms with Gasteiger partial charge >= 0.3 is 0 Å². The van der Waals surface area contributed by atoms with Crippen molar-refractivity contribution in [3.63, 3.8) is 0 Å². The highest BCUT2D eigenvalue weighted by molar-refractivity contribution is 5.93. The molecule has 0 saturated carbocycles. The Labute approximate surface area is 188 Å². The fourth-order valence-corrected chi connectivity index (χ4v) is 3.88. The number of nitrogens with zero attached hydrogens (tertiary/aromatic N) is 3. The van der Waals surface area contributed by atoms with E-state index in [0.717, 1.165) is 37.8 Å². The summed E-state index contributed by atoms with van der Waals surface area (Å²) >= 11 is 0. The van der Waals surface area contributed by atoms with Gasteiger partial charge in [0.2, 0.25) is 5.91 Å². The van der Waals surface area contributed by atoms with Crippen molar-refractivity contribution in [3.8, 4) is 11.3 Å². The molecule has 0 aliphatic carbocycles. The van der Waals surface area contributed by atoms with Gasteiger partial charge in [0.25, 0.3) is 5.91 Å². The van der Waals surface area contributed by atoms with Crippen molar-refractivity contribution in [1.29, 1.82) is 0 Å². The van der Waals surface area contributed by atoms with Crippen LogP contribution in [0.15, 0.2) is 35.1 Å². The molecule has 0 bridgehead atoms. The maximum Gasteiger partial charge on any atom is 0.276 e. The number of hydrogen-bond acceptors (Lipinski definition) is 6. The van der Waals surface area contributed by atoms with Gasteiger partial charge < -0.3 is 20.1 Å². The summed E-state index contributed by atoms with van der Waals surface area (Å²) < 4.78 is 5.32. The first-order chi connectivity index (χ1) is 13.7. The van der Waals surface area contributed by atoms with E-state index in [2.05, 4.69) is 20.8 Å². The Bertz CT molecular complexity index is 827. The van der Waals surface area contributed by atoms with Gasteiger partial charge in [-0.05, 0) is 50.3 Å². The van der Waals surface area contributed by atoms with E-state index in [9.17, 15) is 9.59 Å². The van der Waals surface area contributed by atoms with Crippen molar-refractivity contribution in [3.05, 3.63) is 36.3 Å². The van der Waals surface area contributed by atoms with Crippen LogP contribution in [0.4, 0.5) is 0 Å². The topological polar surface area (TPSA) is 100 Å². The highest BCUT2D eigenvalue weighted by Gasteiger charge is 2.28. The minimum atomic E-state index is -0.132. The number of piperidine rings is 1. The molecule has 2 aromatic rings. The van der Waals surface area contributed by atoms with Crippen LogP contribution in [0.2, 0.25) is 0 Å². The number of carbonyl (C=O) groups excluding carboxylic acids is 2. The van der Waals surface area contributed by atoms with Crippen molar-refractivity contribution < 1.29 is 14.1 Å². The van der Waals surface area contributed by atoms with Crippen LogP contribution in [0.3, 0.4) is 0 Å². The predicted octanol–water partition coefficient (Wildman–Crippen LogP) is 2.30. The summed E-state index contributed by atoms with van der Waals surface area (Å²) in [6, 6.07) is 5.27. The van der Waals surface area contributed by atoms with Crippen molar-refractivity contribution in [2.24, 2.45) is 5.92 Å². The van der Waals surface area contributed by atoms with Gasteiger partial charge in [-0.25, -0.2) is 0 Å². The van der Waals surface area contributed by atoms with Crippen LogP contribution in [-0.4, -0.2) is 59.1 Å². The number of rotatable bonds is 5. The second kappa shape index (κ2) is 11.3. The zero-order valence-electron chi connectivity index (χ0n) is 16.6. The zero-order valence-corrected chi connectivity index (χ0v) is 18.2. The van der Waals surface area contributed by atoms with Crippen LogP contribution in [0.5, 0.6) is 0 Å². The summed E-state index contributed by atoms with van der Waals surface area (Å²) in [5.74, 6) is 0.722. The molecule has 0 spiro atoms. The minimum Gasteiger partial charge on any atom is -0.355 e. The molecule has 0 radical (unpaired) electrons. The van der Waals surface area contributed by atoms with E-state index in [1.807, 2.05) is 12.1 Å². The average Bonchev–Trinajstić information content (AvgIpc) is 3.45. The van der Waals surface area contributed by atoms with Crippen LogP contribution in [-0.2, 0) is 4.79 Å². The normalized spacial score (nSPS) is 20.7. The van der Waals surface area contributed by atoms with Crippen molar-refractivity contribution in [2.75, 3.05) is 26.2 Å². The molecule has 2 saturated heterocycles. The van der Waals surface area contributed by atoms with Crippen molar-refractivity contribution in [1.82, 2.24) is 25.7 Å². The molecule has 4 rings (SSSR count). The number of hydrogen-bond donors (Lipinski definition) is 2. The van der Waals surface area contributed by atoms with E-state index in [0.29, 0.717) is 31.1 Å². The molecule has 4 heterocycles. The fraction of sp³-hybridized carbons (Fsp3) is 0.500. The molecule has 2 amide bonds. The smallest absolute Gasteiger partial charge is 0.276 e. The van der Waals surface area contributed by atoms with Gasteiger partial charge in [-0.2, -0.15) is 0 Å². The van der Waals surface area contributed by atoms with E-state index in [1.54, 1.807) is 23.4 Å². The van der Waals surface area contributed by atoms with Crippen molar-refractivity contribution >= 4 is 36.6 Å². The lowest BCUT2D eigenvalue weighted by Crippen LogP contribution is -2.46. The Hall–Kier alpha value is -2.16. The molecular weight excluding hydrogens is 429 g/mol. The van der Waals surface area contributed by atoms with E-state index < -0.39 is 0 Å². The molecule has 0 aromatic carbocycles. The van der Waals surface area contributed by atoms with Gasteiger partial charge in [0.05, 0.1) is 6.04 Å². The molecule has 2 fully saturated rings. The van der Waals surface area contributed by atoms with Gasteiger partial charge in [-0.3, -0.25) is 14.6 Å². The summed E-state index contributed by atoms with van der Waals surface area (Å²) in [7, 11) is 0. The molecule has 164 valence electrons. The first-order valence-corrected chi connectivity index (χ1v) is 9.88. The number of pyridine rings is 1. The quantitative estimate of drug-likeness (QED) is 0.716. The zero-order chi connectivity index (χ0) is 19.3. The summed E-state index contributed by atoms with van der Waals surface area (Å²) in [6.45, 7) is 2.82. The van der Waals surface area contributed by atoms with E-state index in [1.165, 1.54) is 0 Å². The molecule has 2 aliphatic heterocycles. The maximum atomic E-state index is 12.8. The number of nitrogens with one attached hydrogen (secondary N) is 2. The third kappa shape index (κ3) is 5.71. The van der Waals surface area contributed by atoms with Crippen LogP contribution in [0, 0.1) is 5.92 Å². The third-order valence-corrected chi connectivity index (χ3v) is 5.42. The molecule has 8 nitrogen and oxygen atoms in total. The summed E-state index contributed by atoms with van der Waals surface area (Å²) in [4.78, 5) is 30.9. The van der Waals surface area contributed by atoms with E-state index in [4.69, 9.17) is 4.52 Å². The summed E-state index contributed by atoms with van der Waals surface area (Å²) in [5.41, 5.74) is 1.09. The number of amides is 2. The second-order valence-electron chi connectivity index (χ2n) is 7.47. The number of likely N-dealkylation sites (tertiary alicyclic amines) is 1. The summed E-state index contributed by atoms with van der Waals surface area (Å²) in [5, 5.41) is 10.2. The maximum absolute atomic E-state index is 12.8. The lowest BCUT2D eigenvalue weighted by molar-refractivity contribution is -0.123. The third-order valence-electron chi connectivity index (χ3n) is 5.42. The Morgan fingerprint density at radius 1 is 1.27 bits per heavy atom. The van der Waals surface area contributed by atoms with E-state index in [-0.39, 0.29) is 48.6 Å². The van der Waals surface area contributed by atoms with E-state index >= 15 is 0 Å². The minimum absolute atomic E-state index is 0. The molecule has 10 heteroatoms. The van der Waals surface area contributed by atoms with Gasteiger partial charge in [0.15, 0.2) is 11.5 Å². The average molecular weight is 456 g/mol. The Balaban J connectivity index is 0.00000160. The number of carbonyl (C=O) groups is 2. The van der Waals surface area contributed by atoms with Crippen LogP contribution in [0.1, 0.15) is 36.2 Å². The number of aromatic nitrogens is 2. The molecule has 2 atom stereocenters. The lowest BCUT2D eigenvalue weighted by atomic mass is 9.97. The first-order valence-electron chi connectivity index (χ1n) is 9.88. The van der Waals surface area contributed by atoms with Crippen molar-refractivity contribution in [2.45, 2.75) is 31.7 Å². The Morgan fingerprint density at radius 3 is 2.87 bits per heavy atom. The molecule has 30 heavy (non-hydrogen) atoms. The second-order valence-corrected chi connectivity index (χ2v) is 7.47. The first kappa shape index (κ1) is 24.1. The van der Waals surface area contributed by atoms with Gasteiger partial charge in [-0.15, -0.1) is 24.8 Å². The summed E-state index contributed by atoms with van der Waals surface area (Å²) in [6.07, 6.45) is 7.22. The highest BCUT2D eigenvalue weighted by Crippen LogP contribution is 2.22. The lowest BCUT2D eigenvalue weighted by Gasteiger charge is -2.32. The molecule has 2 aromatic heterocycles. The largest absolute Gasteiger partial charge is 0.355 e. The highest BCUT2D eigenvalue weighted by atomic mass is 35.5. The van der Waals surface area contributed by atoms with Gasteiger partial charge in [-0.1, -0.05) is 5.16 Å². The standard InChI is InChI=1S/C20H25N5O3.2ClH/c26-19(16-6-2-8-22-16)23-11-14-4-3-9-25(13-14)20(27)17-10-18(28-24-17)15-5-1-7-21-12-15;;/h1,5,7,10,12,14,16,22H,2-4,6,8-9,11,13H2,(H,23,26);2*1H. The molecule has 2 aliphatic rings. The van der Waals surface area contributed by atoms with Gasteiger partial charge in [0.1, 0.15) is 0 Å². The molecule has 2 unspecified atom stereocenters. The monoisotopic (exact) mass is 455 g/mol. The fourth-order valence-electron chi connectivity index (χ4n) is 3.88. The number of halogens is 2. The van der Waals surface area contributed by atoms with Gasteiger partial charge in [0, 0.05) is 43.7 Å². The van der Waals surface area contributed by atoms with Crippen LogP contribution >= 0.6 is 24.8 Å². The SMILES string of the molecule is Cl.Cl.O=C(NCC1CCCN(C(=O)c2cc(-c3cccnc3)on2)C1)C1CCCN1. The molecule has 2 N–H and O–H groups in total. The predicted molar refractivity (Wildman–Crippen MR) is 117 cm³/mol. The Kier molecular flexibility index (Phi) is 9.08.